The zero-order chi connectivity index (χ0) is 0. The average molecular weight is 325 g/mol. The summed E-state index contributed by atoms with van der Waals surface area (Å²) < 4.78 is 0. The van der Waals surface area contributed by atoms with Crippen LogP contribution >= 0.6 is 13.5 Å². The molecule has 0 bridgehead atoms. The van der Waals surface area contributed by atoms with Crippen molar-refractivity contribution in [3.05, 3.63) is 0 Å². The second kappa shape index (κ2) is 16.4. The Labute approximate surface area is 101 Å². The van der Waals surface area contributed by atoms with Gasteiger partial charge in [-0.25, -0.2) is 0 Å². The summed E-state index contributed by atoms with van der Waals surface area (Å²) in [6.07, 6.45) is 0. The summed E-state index contributed by atoms with van der Waals surface area (Å²) in [6, 6.07) is 0. The molecule has 0 spiro atoms. The van der Waals surface area contributed by atoms with Crippen molar-refractivity contribution in [2.45, 2.75) is 0 Å². The summed E-state index contributed by atoms with van der Waals surface area (Å²) in [5.74, 6) is 0. The number of hydrogen-bond acceptors (Lipinski definition) is 0. The van der Waals surface area contributed by atoms with Gasteiger partial charge in [0.2, 0.25) is 0 Å². The Kier molecular flexibility index (Phi) is 112. The van der Waals surface area contributed by atoms with Crippen molar-refractivity contribution in [2.75, 3.05) is 0 Å². The van der Waals surface area contributed by atoms with Crippen molar-refractivity contribution in [2.24, 2.45) is 0 Å². The summed E-state index contributed by atoms with van der Waals surface area (Å²) in [4.78, 5) is 0. The molecule has 4 heteroatoms. The van der Waals surface area contributed by atoms with Crippen molar-refractivity contribution in [1.82, 2.24) is 0 Å². The maximum absolute atomic E-state index is 0. The van der Waals surface area contributed by atoms with Gasteiger partial charge in [0.1, 0.15) is 0 Å². The largest absolute Gasteiger partial charge is 2.00 e. The Balaban J connectivity index is 0. The molecule has 2 radical (unpaired) electrons. The van der Waals surface area contributed by atoms with Crippen LogP contribution in [0.15, 0.2) is 0 Å². The Morgan fingerprint density at radius 3 is 1.25 bits per heavy atom. The summed E-state index contributed by atoms with van der Waals surface area (Å²) in [6.45, 7) is 0. The topological polar surface area (TPSA) is 0 Å². The van der Waals surface area contributed by atoms with E-state index in [0.717, 1.165) is 0 Å². The van der Waals surface area contributed by atoms with Crippen LogP contribution in [-0.4, -0.2) is 86.5 Å². The Morgan fingerprint density at radius 2 is 1.25 bits per heavy atom. The molecule has 0 saturated carbocycles. The predicted molar refractivity (Wildman–Crippen MR) is 35.4 cm³/mol. The summed E-state index contributed by atoms with van der Waals surface area (Å²) in [5, 5.41) is 0. The molecule has 0 aromatic carbocycles. The third-order valence-electron chi connectivity index (χ3n) is 0. The number of rotatable bonds is 0. The first-order valence-corrected chi connectivity index (χ1v) is 0. The fraction of sp³-hybridized carbons (Fsp3) is 0. The molecule has 0 aromatic heterocycles. The first kappa shape index (κ1) is 27.3. The van der Waals surface area contributed by atoms with Crippen LogP contribution < -0.4 is 0 Å². The van der Waals surface area contributed by atoms with Gasteiger partial charge in [0, 0.05) is 0 Å². The SMILES string of the molecule is S.[H-].[H-].[SeH2].[SnH2].[Sr+2]. The minimum atomic E-state index is 0. The molecule has 0 rings (SSSR count). The van der Waals surface area contributed by atoms with Gasteiger partial charge in [0.25, 0.3) is 0 Å². The quantitative estimate of drug-likeness (QED) is 0.458. The molecule has 0 N–H and O–H groups in total. The average Bonchev–Trinajstić information content (AvgIpc) is 0. The third kappa shape index (κ3) is 8.94. The third-order valence-corrected chi connectivity index (χ3v) is 0. The molecular formula is H8SSeSnSr. The molecule has 0 aliphatic rings. The van der Waals surface area contributed by atoms with E-state index in [-0.39, 0.29) is 103 Å². The zero-order valence-corrected chi connectivity index (χ0v) is 13.0. The van der Waals surface area contributed by atoms with E-state index >= 15 is 0 Å². The van der Waals surface area contributed by atoms with Gasteiger partial charge in [-0.15, -0.1) is 0 Å². The predicted octanol–water partition coefficient (Wildman–Crippen LogP) is -1.88. The Hall–Kier alpha value is 3.15. The standard InChI is InChI=1S/H2S.H2Se.Sn.Sr.4H/h2*1H2;;;;;;/q;;;+2;;;2*-1. The van der Waals surface area contributed by atoms with Crippen LogP contribution in [0.2, 0.25) is 0 Å². The van der Waals surface area contributed by atoms with Crippen LogP contribution in [0.4, 0.5) is 0 Å². The second-order valence-corrected chi connectivity index (χ2v) is 0. The summed E-state index contributed by atoms with van der Waals surface area (Å²) >= 11 is 0. The first-order valence-electron chi connectivity index (χ1n) is 0. The fourth-order valence-electron chi connectivity index (χ4n) is 0. The van der Waals surface area contributed by atoms with E-state index in [1.165, 1.54) is 0 Å². The molecule has 0 aromatic rings. The molecule has 0 fully saturated rings. The van der Waals surface area contributed by atoms with Crippen LogP contribution in [0.5, 0.6) is 0 Å². The van der Waals surface area contributed by atoms with Crippen LogP contribution in [-0.2, 0) is 0 Å². The molecule has 0 heterocycles. The molecule has 0 amide bonds. The molecule has 0 aliphatic heterocycles. The van der Waals surface area contributed by atoms with Gasteiger partial charge in [-0.2, -0.15) is 13.5 Å². The van der Waals surface area contributed by atoms with Crippen LogP contribution in [0.1, 0.15) is 2.85 Å². The van der Waals surface area contributed by atoms with Crippen molar-refractivity contribution >= 4 is 100.0 Å². The molecule has 26 valence electrons. The van der Waals surface area contributed by atoms with E-state index in [1.54, 1.807) is 0 Å². The van der Waals surface area contributed by atoms with E-state index < -0.39 is 0 Å². The minimum Gasteiger partial charge on any atom is 2.00 e. The summed E-state index contributed by atoms with van der Waals surface area (Å²) in [5.41, 5.74) is 0. The molecule has 0 nitrogen and oxygen atoms in total. The van der Waals surface area contributed by atoms with Gasteiger partial charge in [0.05, 0.1) is 0 Å². The van der Waals surface area contributed by atoms with E-state index in [4.69, 9.17) is 0 Å². The normalized spacial score (nSPS) is 0. The van der Waals surface area contributed by atoms with E-state index in [2.05, 4.69) is 0 Å². The van der Waals surface area contributed by atoms with Crippen molar-refractivity contribution in [3.63, 3.8) is 0 Å². The molecule has 0 aliphatic carbocycles. The summed E-state index contributed by atoms with van der Waals surface area (Å²) in [7, 11) is 0. The van der Waals surface area contributed by atoms with Crippen molar-refractivity contribution < 1.29 is 2.85 Å². The molecule has 0 atom stereocenters. The van der Waals surface area contributed by atoms with Gasteiger partial charge in [0.15, 0.2) is 0 Å². The van der Waals surface area contributed by atoms with E-state index in [0.29, 0.717) is 0 Å². The van der Waals surface area contributed by atoms with Crippen molar-refractivity contribution in [3.8, 4) is 0 Å². The van der Waals surface area contributed by atoms with Crippen molar-refractivity contribution in [1.29, 1.82) is 0 Å². The zero-order valence-electron chi connectivity index (χ0n) is 4.41. The molecule has 0 saturated heterocycles. The maximum Gasteiger partial charge on any atom is 2.00 e. The number of hydrogen-bond donors (Lipinski definition) is 0. The second-order valence-electron chi connectivity index (χ2n) is 0. The molecular weight excluding hydrogens is 317 g/mol. The smallest absolute Gasteiger partial charge is 2.00 e. The monoisotopic (exact) mass is 328 g/mol. The van der Waals surface area contributed by atoms with Crippen LogP contribution in [0, 0.1) is 0 Å². The van der Waals surface area contributed by atoms with Gasteiger partial charge >= 0.3 is 86.5 Å². The van der Waals surface area contributed by atoms with Crippen LogP contribution in [0.3, 0.4) is 0 Å². The first-order chi connectivity index (χ1) is 0. The maximum atomic E-state index is 0. The Bertz CT molecular complexity index is 13.5. The molecule has 0 unspecified atom stereocenters. The minimum absolute atomic E-state index is 0. The van der Waals surface area contributed by atoms with Gasteiger partial charge in [-0.05, 0) is 0 Å². The van der Waals surface area contributed by atoms with E-state index in [9.17, 15) is 0 Å². The fourth-order valence-corrected chi connectivity index (χ4v) is 0. The van der Waals surface area contributed by atoms with Gasteiger partial charge in [-0.1, -0.05) is 0 Å². The van der Waals surface area contributed by atoms with Gasteiger partial charge < -0.3 is 2.85 Å². The Morgan fingerprint density at radius 1 is 1.25 bits per heavy atom. The van der Waals surface area contributed by atoms with Gasteiger partial charge in [-0.3, -0.25) is 0 Å². The molecule has 4 heavy (non-hydrogen) atoms. The van der Waals surface area contributed by atoms with Crippen LogP contribution in [0.25, 0.3) is 0 Å². The van der Waals surface area contributed by atoms with E-state index in [1.807, 2.05) is 0 Å².